The number of hydrogen-bond acceptors (Lipinski definition) is 6. The largest absolute Gasteiger partial charge is 0.508 e. The van der Waals surface area contributed by atoms with E-state index in [9.17, 15) is 0 Å². The summed E-state index contributed by atoms with van der Waals surface area (Å²) in [5.74, 6) is 1.72. The highest BCUT2D eigenvalue weighted by atomic mass is 16.5. The van der Waals surface area contributed by atoms with E-state index >= 15 is 0 Å². The molecule has 182 valence electrons. The molecule has 0 heterocycles. The van der Waals surface area contributed by atoms with Crippen LogP contribution in [0.15, 0.2) is 97.1 Å². The number of phenolic OH excluding ortho intramolecular Hbond substituents is 2. The molecule has 0 radical (unpaired) electrons. The molecule has 0 amide bonds. The van der Waals surface area contributed by atoms with Crippen LogP contribution in [0.2, 0.25) is 0 Å². The zero-order valence-corrected chi connectivity index (χ0v) is 19.4. The Morgan fingerprint density at radius 1 is 0.514 bits per heavy atom. The molecule has 0 unspecified atom stereocenters. The standard InChI is InChI=1S/C13H10.2C8H10O3/c1-3-7-12-10(5-1)9-11-6-2-4-8-13(11)12;2*9-5-6-11-8-3-1-7(10)2-4-8/h1-8H,9H2;2*1-4,9-10H,5-6H2. The highest BCUT2D eigenvalue weighted by Gasteiger charge is 2.15. The fraction of sp³-hybridized carbons (Fsp3) is 0.172. The van der Waals surface area contributed by atoms with Crippen LogP contribution >= 0.6 is 0 Å². The number of aliphatic hydroxyl groups is 2. The summed E-state index contributed by atoms with van der Waals surface area (Å²) in [7, 11) is 0. The molecule has 4 aromatic rings. The molecular weight excluding hydrogens is 444 g/mol. The van der Waals surface area contributed by atoms with Gasteiger partial charge in [-0.05, 0) is 77.2 Å². The van der Waals surface area contributed by atoms with E-state index in [0.29, 0.717) is 11.5 Å². The van der Waals surface area contributed by atoms with E-state index in [1.165, 1.54) is 46.5 Å². The monoisotopic (exact) mass is 474 g/mol. The van der Waals surface area contributed by atoms with Gasteiger partial charge in [0.25, 0.3) is 0 Å². The van der Waals surface area contributed by atoms with E-state index in [4.69, 9.17) is 29.9 Å². The Kier molecular flexibility index (Phi) is 9.99. The molecule has 35 heavy (non-hydrogen) atoms. The fourth-order valence-corrected chi connectivity index (χ4v) is 3.49. The molecule has 5 rings (SSSR count). The first kappa shape index (κ1) is 25.6. The van der Waals surface area contributed by atoms with Crippen molar-refractivity contribution in [2.75, 3.05) is 26.4 Å². The zero-order valence-electron chi connectivity index (χ0n) is 19.4. The maximum absolute atomic E-state index is 8.88. The third-order valence-electron chi connectivity index (χ3n) is 5.10. The maximum Gasteiger partial charge on any atom is 0.119 e. The molecule has 0 saturated heterocycles. The van der Waals surface area contributed by atoms with Crippen LogP contribution in [0.3, 0.4) is 0 Å². The molecule has 6 heteroatoms. The Bertz CT molecular complexity index is 1060. The van der Waals surface area contributed by atoms with E-state index in [1.807, 2.05) is 0 Å². The molecule has 0 spiro atoms. The average Bonchev–Trinajstić information content (AvgIpc) is 3.28. The smallest absolute Gasteiger partial charge is 0.119 e. The zero-order chi connectivity index (χ0) is 24.9. The van der Waals surface area contributed by atoms with Gasteiger partial charge in [0.2, 0.25) is 0 Å². The van der Waals surface area contributed by atoms with Crippen LogP contribution in [-0.4, -0.2) is 46.9 Å². The van der Waals surface area contributed by atoms with Crippen molar-refractivity contribution in [3.8, 4) is 34.1 Å². The normalized spacial score (nSPS) is 10.6. The van der Waals surface area contributed by atoms with E-state index in [-0.39, 0.29) is 37.9 Å². The van der Waals surface area contributed by atoms with Gasteiger partial charge in [0, 0.05) is 0 Å². The maximum atomic E-state index is 8.88. The first-order valence-corrected chi connectivity index (χ1v) is 11.3. The van der Waals surface area contributed by atoms with E-state index in [2.05, 4.69) is 48.5 Å². The third-order valence-corrected chi connectivity index (χ3v) is 5.10. The van der Waals surface area contributed by atoms with Crippen LogP contribution in [-0.2, 0) is 6.42 Å². The molecule has 0 atom stereocenters. The summed E-state index contributed by atoms with van der Waals surface area (Å²) in [5, 5.41) is 34.6. The van der Waals surface area contributed by atoms with Crippen LogP contribution in [0, 0.1) is 0 Å². The van der Waals surface area contributed by atoms with Gasteiger partial charge in [-0.1, -0.05) is 48.5 Å². The van der Waals surface area contributed by atoms with Crippen molar-refractivity contribution in [3.63, 3.8) is 0 Å². The van der Waals surface area contributed by atoms with Gasteiger partial charge in [-0.2, -0.15) is 0 Å². The summed E-state index contributed by atoms with van der Waals surface area (Å²) in [4.78, 5) is 0. The Hall–Kier alpha value is -4.00. The van der Waals surface area contributed by atoms with Gasteiger partial charge in [0.1, 0.15) is 36.2 Å². The number of benzene rings is 4. The lowest BCUT2D eigenvalue weighted by Crippen LogP contribution is -2.00. The number of ether oxygens (including phenoxy) is 2. The van der Waals surface area contributed by atoms with E-state index in [0.717, 1.165) is 6.42 Å². The number of phenols is 2. The second-order valence-electron chi connectivity index (χ2n) is 7.62. The lowest BCUT2D eigenvalue weighted by molar-refractivity contribution is 0.201. The lowest BCUT2D eigenvalue weighted by atomic mass is 10.1. The molecule has 0 fully saturated rings. The minimum Gasteiger partial charge on any atom is -0.508 e. The quantitative estimate of drug-likeness (QED) is 0.283. The van der Waals surface area contributed by atoms with Crippen LogP contribution in [0.4, 0.5) is 0 Å². The molecule has 0 bridgehead atoms. The first-order chi connectivity index (χ1) is 17.1. The Morgan fingerprint density at radius 3 is 1.26 bits per heavy atom. The van der Waals surface area contributed by atoms with Crippen molar-refractivity contribution >= 4 is 0 Å². The Balaban J connectivity index is 0.000000148. The molecule has 4 N–H and O–H groups in total. The molecule has 0 aliphatic heterocycles. The van der Waals surface area contributed by atoms with E-state index in [1.54, 1.807) is 24.3 Å². The van der Waals surface area contributed by atoms with Crippen molar-refractivity contribution < 1.29 is 29.9 Å². The minimum atomic E-state index is 0.000869. The van der Waals surface area contributed by atoms with Crippen molar-refractivity contribution in [3.05, 3.63) is 108 Å². The highest BCUT2D eigenvalue weighted by molar-refractivity contribution is 5.76. The predicted octanol–water partition coefficient (Wildman–Crippen LogP) is 4.78. The Labute approximate surface area is 205 Å². The summed E-state index contributed by atoms with van der Waals surface area (Å²) in [6.45, 7) is 0.567. The second kappa shape index (κ2) is 13.6. The number of rotatable bonds is 6. The molecule has 6 nitrogen and oxygen atoms in total. The third kappa shape index (κ3) is 8.07. The number of aliphatic hydroxyl groups excluding tert-OH is 2. The van der Waals surface area contributed by atoms with Crippen molar-refractivity contribution in [2.24, 2.45) is 0 Å². The van der Waals surface area contributed by atoms with Gasteiger partial charge in [0.15, 0.2) is 0 Å². The lowest BCUT2D eigenvalue weighted by Gasteiger charge is -2.02. The predicted molar refractivity (Wildman–Crippen MR) is 136 cm³/mol. The first-order valence-electron chi connectivity index (χ1n) is 11.3. The minimum absolute atomic E-state index is 0.000869. The molecule has 0 aromatic heterocycles. The molecular formula is C29H30O6. The van der Waals surface area contributed by atoms with Crippen molar-refractivity contribution in [1.29, 1.82) is 0 Å². The molecule has 1 aliphatic carbocycles. The highest BCUT2D eigenvalue weighted by Crippen LogP contribution is 2.35. The summed E-state index contributed by atoms with van der Waals surface area (Å²) in [6.07, 6.45) is 1.10. The van der Waals surface area contributed by atoms with Gasteiger partial charge in [-0.25, -0.2) is 0 Å². The van der Waals surface area contributed by atoms with Crippen LogP contribution < -0.4 is 9.47 Å². The SMILES string of the molecule is OCCOc1ccc(O)cc1.OCCOc1ccc(O)cc1.c1ccc2c(c1)Cc1ccccc1-2. The van der Waals surface area contributed by atoms with Crippen LogP contribution in [0.25, 0.3) is 11.1 Å². The van der Waals surface area contributed by atoms with Gasteiger partial charge in [-0.3, -0.25) is 0 Å². The van der Waals surface area contributed by atoms with Crippen LogP contribution in [0.1, 0.15) is 11.1 Å². The number of hydrogen-bond donors (Lipinski definition) is 4. The fourth-order valence-electron chi connectivity index (χ4n) is 3.49. The Morgan fingerprint density at radius 2 is 0.886 bits per heavy atom. The van der Waals surface area contributed by atoms with E-state index < -0.39 is 0 Å². The summed E-state index contributed by atoms with van der Waals surface area (Å²) in [6, 6.07) is 30.0. The second-order valence-corrected chi connectivity index (χ2v) is 7.62. The number of fused-ring (bicyclic) bond motifs is 3. The van der Waals surface area contributed by atoms with Crippen molar-refractivity contribution in [2.45, 2.75) is 6.42 Å². The topological polar surface area (TPSA) is 99.4 Å². The number of aromatic hydroxyl groups is 2. The van der Waals surface area contributed by atoms with Crippen LogP contribution in [0.5, 0.6) is 23.0 Å². The van der Waals surface area contributed by atoms with Gasteiger partial charge in [0.05, 0.1) is 13.2 Å². The summed E-state index contributed by atoms with van der Waals surface area (Å²) < 4.78 is 10.1. The van der Waals surface area contributed by atoms with Gasteiger partial charge in [-0.15, -0.1) is 0 Å². The van der Waals surface area contributed by atoms with Gasteiger partial charge < -0.3 is 29.9 Å². The molecule has 4 aromatic carbocycles. The summed E-state index contributed by atoms with van der Waals surface area (Å²) in [5.41, 5.74) is 5.75. The van der Waals surface area contributed by atoms with Crippen molar-refractivity contribution in [1.82, 2.24) is 0 Å². The average molecular weight is 475 g/mol. The molecule has 0 saturated carbocycles. The van der Waals surface area contributed by atoms with Gasteiger partial charge >= 0.3 is 0 Å². The summed E-state index contributed by atoms with van der Waals surface area (Å²) >= 11 is 0. The molecule has 1 aliphatic rings.